The van der Waals surface area contributed by atoms with Crippen molar-refractivity contribution in [3.63, 3.8) is 0 Å². The van der Waals surface area contributed by atoms with Gasteiger partial charge < -0.3 is 16.2 Å². The van der Waals surface area contributed by atoms with E-state index in [4.69, 9.17) is 0 Å². The third-order valence-electron chi connectivity index (χ3n) is 4.34. The highest BCUT2D eigenvalue weighted by atomic mass is 16.3. The molecule has 1 aromatic rings. The zero-order valence-corrected chi connectivity index (χ0v) is 19.9. The molecule has 0 saturated carbocycles. The number of aliphatic hydroxyl groups is 1. The molecule has 0 radical (unpaired) electrons. The molecule has 3 atom stereocenters. The summed E-state index contributed by atoms with van der Waals surface area (Å²) in [6, 6.07) is 6.03. The summed E-state index contributed by atoms with van der Waals surface area (Å²) in [5.41, 5.74) is 5.65. The fourth-order valence-electron chi connectivity index (χ4n) is 2.47. The molecule has 0 amide bonds. The molecule has 4 N–H and O–H groups in total. The number of hydrogen-bond acceptors (Lipinski definition) is 3. The molecule has 0 aromatic heterocycles. The van der Waals surface area contributed by atoms with Crippen LogP contribution in [0.5, 0.6) is 0 Å². The topological polar surface area (TPSA) is 58.3 Å². The molecule has 0 aliphatic heterocycles. The Morgan fingerprint density at radius 1 is 1.14 bits per heavy atom. The van der Waals surface area contributed by atoms with Crippen molar-refractivity contribution < 1.29 is 5.11 Å². The van der Waals surface area contributed by atoms with Crippen molar-refractivity contribution in [3.05, 3.63) is 41.4 Å². The van der Waals surface area contributed by atoms with Crippen LogP contribution in [0.15, 0.2) is 31.0 Å². The minimum atomic E-state index is -0.321. The van der Waals surface area contributed by atoms with E-state index in [9.17, 15) is 5.11 Å². The monoisotopic (exact) mass is 392 g/mol. The van der Waals surface area contributed by atoms with Gasteiger partial charge in [-0.3, -0.25) is 0 Å². The number of rotatable bonds is 7. The molecule has 164 valence electrons. The van der Waals surface area contributed by atoms with Crippen molar-refractivity contribution in [3.8, 4) is 0 Å². The molecule has 0 heterocycles. The van der Waals surface area contributed by atoms with E-state index in [0.29, 0.717) is 0 Å². The highest BCUT2D eigenvalue weighted by Crippen LogP contribution is 2.07. The van der Waals surface area contributed by atoms with Gasteiger partial charge in [0.2, 0.25) is 0 Å². The van der Waals surface area contributed by atoms with Crippen LogP contribution in [0.25, 0.3) is 12.7 Å². The van der Waals surface area contributed by atoms with Crippen LogP contribution in [0.1, 0.15) is 81.1 Å². The minimum Gasteiger partial charge on any atom is -0.405 e. The maximum absolute atomic E-state index is 9.73. The molecule has 0 fully saturated rings. The van der Waals surface area contributed by atoms with E-state index in [0.717, 1.165) is 28.5 Å². The molecule has 0 bridgehead atoms. The number of benzene rings is 1. The summed E-state index contributed by atoms with van der Waals surface area (Å²) >= 11 is 0. The van der Waals surface area contributed by atoms with E-state index in [-0.39, 0.29) is 12.1 Å². The predicted octanol–water partition coefficient (Wildman–Crippen LogP) is 5.42. The quantitative estimate of drug-likeness (QED) is 0.581. The zero-order chi connectivity index (χ0) is 22.5. The molecular weight excluding hydrogens is 344 g/mol. The molecule has 3 heteroatoms. The highest BCUT2D eigenvalue weighted by Gasteiger charge is 2.11. The van der Waals surface area contributed by atoms with Gasteiger partial charge in [-0.1, -0.05) is 92.2 Å². The zero-order valence-electron chi connectivity index (χ0n) is 19.9. The molecule has 0 spiro atoms. The van der Waals surface area contributed by atoms with Gasteiger partial charge in [-0.15, -0.1) is 0 Å². The van der Waals surface area contributed by atoms with Crippen molar-refractivity contribution in [2.45, 2.75) is 93.2 Å². The van der Waals surface area contributed by atoms with Gasteiger partial charge in [-0.05, 0) is 48.9 Å². The normalized spacial score (nSPS) is 13.2. The van der Waals surface area contributed by atoms with Crippen molar-refractivity contribution in [2.75, 3.05) is 5.32 Å². The Labute approximate surface area is 175 Å². The summed E-state index contributed by atoms with van der Waals surface area (Å²) in [5.74, 6) is 0.949. The number of anilines is 1. The maximum Gasteiger partial charge on any atom is 0.0735 e. The first-order valence-corrected chi connectivity index (χ1v) is 10.8. The van der Waals surface area contributed by atoms with Crippen LogP contribution in [0.3, 0.4) is 0 Å². The third-order valence-corrected chi connectivity index (χ3v) is 4.34. The van der Waals surface area contributed by atoms with Gasteiger partial charge in [0.25, 0.3) is 0 Å². The van der Waals surface area contributed by atoms with Gasteiger partial charge in [-0.2, -0.15) is 0 Å². The van der Waals surface area contributed by atoms with E-state index in [1.165, 1.54) is 25.5 Å². The molecule has 0 aliphatic rings. The molecular formula is C25H48N2O. The second-order valence-corrected chi connectivity index (χ2v) is 6.61. The van der Waals surface area contributed by atoms with E-state index < -0.39 is 0 Å². The van der Waals surface area contributed by atoms with Crippen molar-refractivity contribution >= 4 is 18.3 Å². The van der Waals surface area contributed by atoms with Crippen LogP contribution in [0.2, 0.25) is 0 Å². The van der Waals surface area contributed by atoms with Gasteiger partial charge in [0.1, 0.15) is 0 Å². The molecule has 0 saturated heterocycles. The third kappa shape index (κ3) is 15.3. The lowest BCUT2D eigenvalue weighted by atomic mass is 10.0. The number of nitrogens with one attached hydrogen (secondary N) is 1. The molecule has 28 heavy (non-hydrogen) atoms. The molecule has 3 nitrogen and oxygen atoms in total. The first-order valence-electron chi connectivity index (χ1n) is 10.8. The van der Waals surface area contributed by atoms with Crippen LogP contribution in [-0.2, 0) is 0 Å². The van der Waals surface area contributed by atoms with Gasteiger partial charge >= 0.3 is 0 Å². The van der Waals surface area contributed by atoms with Crippen molar-refractivity contribution in [1.29, 1.82) is 0 Å². The number of aliphatic hydroxyl groups excluding tert-OH is 1. The fraction of sp³-hybridized carbons (Fsp3) is 0.600. The largest absolute Gasteiger partial charge is 0.405 e. The summed E-state index contributed by atoms with van der Waals surface area (Å²) in [5, 5.41) is 15.2. The van der Waals surface area contributed by atoms with E-state index in [1.54, 1.807) is 0 Å². The number of hydrogen-bond donors (Lipinski definition) is 3. The van der Waals surface area contributed by atoms with Crippen LogP contribution < -0.4 is 21.5 Å². The van der Waals surface area contributed by atoms with Gasteiger partial charge in [0.05, 0.1) is 6.10 Å². The lowest BCUT2D eigenvalue weighted by Crippen LogP contribution is -2.35. The Balaban J connectivity index is -0.000000434. The fourth-order valence-corrected chi connectivity index (χ4v) is 2.47. The van der Waals surface area contributed by atoms with Crippen molar-refractivity contribution in [1.82, 2.24) is 0 Å². The lowest BCUT2D eigenvalue weighted by Gasteiger charge is -2.20. The minimum absolute atomic E-state index is 0.0468. The Morgan fingerprint density at radius 2 is 1.68 bits per heavy atom. The Kier molecular flexibility index (Phi) is 23.8. The summed E-state index contributed by atoms with van der Waals surface area (Å²) in [6.45, 7) is 23.9. The highest BCUT2D eigenvalue weighted by molar-refractivity contribution is 5.50. The summed E-state index contributed by atoms with van der Waals surface area (Å²) in [7, 11) is 0. The van der Waals surface area contributed by atoms with Gasteiger partial charge in [0, 0.05) is 11.7 Å². The van der Waals surface area contributed by atoms with Gasteiger partial charge in [0.15, 0.2) is 0 Å². The summed E-state index contributed by atoms with van der Waals surface area (Å²) < 4.78 is 0. The maximum atomic E-state index is 9.73. The van der Waals surface area contributed by atoms with Gasteiger partial charge in [-0.25, -0.2) is 0 Å². The van der Waals surface area contributed by atoms with E-state index in [2.05, 4.69) is 45.0 Å². The smallest absolute Gasteiger partial charge is 0.0735 e. The summed E-state index contributed by atoms with van der Waals surface area (Å²) in [6.07, 6.45) is 7.80. The van der Waals surface area contributed by atoms with E-state index in [1.807, 2.05) is 58.9 Å². The Morgan fingerprint density at radius 3 is 2.04 bits per heavy atom. The first kappa shape index (κ1) is 31.0. The average molecular weight is 393 g/mol. The van der Waals surface area contributed by atoms with Crippen LogP contribution in [0, 0.1) is 5.92 Å². The second kappa shape index (κ2) is 21.6. The summed E-state index contributed by atoms with van der Waals surface area (Å²) in [4.78, 5) is 0. The standard InChI is InChI=1S/C14H21NO.C7H16.C2H5N.C2H6/c1-5-12-10(3)8-7-9-13(12)15-11(4)14(16)6-2;1-4-6-7(3)5-2;1-2-3;1-2/h5,7-9,11,14-16H,3,6H2,1-2,4H3;7H,4-6H2,1-3H3;2H,1,3H2;1-2H3/b12-5+;;;/t11?,14-;7-;;/m01../s1. The number of nitrogens with two attached hydrogens (primary N) is 1. The molecule has 1 rings (SSSR count). The lowest BCUT2D eigenvalue weighted by molar-refractivity contribution is 0.154. The average Bonchev–Trinajstić information content (AvgIpc) is 2.70. The van der Waals surface area contributed by atoms with Crippen LogP contribution >= 0.6 is 0 Å². The Bertz CT molecular complexity index is 568. The van der Waals surface area contributed by atoms with Crippen LogP contribution in [0.4, 0.5) is 5.69 Å². The SMILES string of the molecule is C=CN.C=c1cccc(NC(C)[C@@H](O)CC)/c1=C/C.CC.CCC[C@H](C)CC. The first-order chi connectivity index (χ1) is 13.3. The van der Waals surface area contributed by atoms with Crippen molar-refractivity contribution in [2.24, 2.45) is 11.7 Å². The van der Waals surface area contributed by atoms with E-state index >= 15 is 0 Å². The molecule has 1 aromatic carbocycles. The second-order valence-electron chi connectivity index (χ2n) is 6.61. The molecule has 1 unspecified atom stereocenters. The Hall–Kier alpha value is -1.74. The van der Waals surface area contributed by atoms with Crippen LogP contribution in [-0.4, -0.2) is 17.3 Å². The predicted molar refractivity (Wildman–Crippen MR) is 131 cm³/mol. The molecule has 0 aliphatic carbocycles.